The Morgan fingerprint density at radius 2 is 2.04 bits per heavy atom. The fourth-order valence-electron chi connectivity index (χ4n) is 2.80. The molecule has 0 aliphatic heterocycles. The number of carbonyl (C=O) groups is 2. The van der Waals surface area contributed by atoms with E-state index in [-0.39, 0.29) is 18.1 Å². The highest BCUT2D eigenvalue weighted by Crippen LogP contribution is 2.28. The van der Waals surface area contributed by atoms with Crippen LogP contribution in [0.5, 0.6) is 11.5 Å². The number of rotatable bonds is 10. The van der Waals surface area contributed by atoms with E-state index in [1.54, 1.807) is 14.0 Å². The molecule has 0 bridgehead atoms. The molecule has 1 amide bonds. The Morgan fingerprint density at radius 1 is 1.26 bits per heavy atom. The van der Waals surface area contributed by atoms with Crippen molar-refractivity contribution in [2.24, 2.45) is 0 Å². The lowest BCUT2D eigenvalue weighted by Gasteiger charge is -2.11. The Labute approximate surface area is 158 Å². The molecule has 1 heterocycles. The monoisotopic (exact) mass is 375 g/mol. The number of carbonyl (C=O) groups excluding carboxylic acids is 1. The number of benzene rings is 1. The number of hydrogen-bond acceptors (Lipinski definition) is 5. The van der Waals surface area contributed by atoms with Gasteiger partial charge in [-0.1, -0.05) is 6.07 Å². The first kappa shape index (κ1) is 20.4. The van der Waals surface area contributed by atoms with Gasteiger partial charge in [-0.05, 0) is 44.4 Å². The number of ether oxygens (including phenoxy) is 2. The number of furan rings is 1. The van der Waals surface area contributed by atoms with Crippen molar-refractivity contribution in [2.75, 3.05) is 20.3 Å². The molecular formula is C20H25NO6. The summed E-state index contributed by atoms with van der Waals surface area (Å²) in [5.74, 6) is 0.212. The predicted molar refractivity (Wildman–Crippen MR) is 99.6 cm³/mol. The summed E-state index contributed by atoms with van der Waals surface area (Å²) in [4.78, 5) is 23.2. The first-order valence-electron chi connectivity index (χ1n) is 8.82. The molecule has 146 valence electrons. The van der Waals surface area contributed by atoms with Crippen molar-refractivity contribution in [1.29, 1.82) is 0 Å². The van der Waals surface area contributed by atoms with Crippen LogP contribution in [0.15, 0.2) is 28.9 Å². The highest BCUT2D eigenvalue weighted by molar-refractivity contribution is 5.97. The summed E-state index contributed by atoms with van der Waals surface area (Å²) in [6, 6.07) is 5.77. The van der Waals surface area contributed by atoms with Crippen LogP contribution in [0.4, 0.5) is 0 Å². The van der Waals surface area contributed by atoms with Crippen molar-refractivity contribution < 1.29 is 28.6 Å². The molecule has 0 aliphatic rings. The molecular weight excluding hydrogens is 350 g/mol. The largest absolute Gasteiger partial charge is 0.493 e. The van der Waals surface area contributed by atoms with E-state index in [0.717, 1.165) is 18.4 Å². The lowest BCUT2D eigenvalue weighted by atomic mass is 10.1. The van der Waals surface area contributed by atoms with E-state index >= 15 is 0 Å². The zero-order chi connectivity index (χ0) is 19.8. The summed E-state index contributed by atoms with van der Waals surface area (Å²) < 4.78 is 16.0. The lowest BCUT2D eigenvalue weighted by Crippen LogP contribution is -2.26. The average Bonchev–Trinajstić information content (AvgIpc) is 2.98. The minimum Gasteiger partial charge on any atom is -0.493 e. The number of carboxylic acid groups (broad SMARTS) is 1. The molecule has 7 nitrogen and oxygen atoms in total. The van der Waals surface area contributed by atoms with Gasteiger partial charge in [-0.15, -0.1) is 0 Å². The molecule has 2 aromatic rings. The third-order valence-corrected chi connectivity index (χ3v) is 4.05. The smallest absolute Gasteiger partial charge is 0.311 e. The topological polar surface area (TPSA) is 98.0 Å². The van der Waals surface area contributed by atoms with Crippen molar-refractivity contribution >= 4 is 11.9 Å². The summed E-state index contributed by atoms with van der Waals surface area (Å²) in [6.45, 7) is 4.65. The van der Waals surface area contributed by atoms with Gasteiger partial charge in [0.1, 0.15) is 12.2 Å². The normalized spacial score (nSPS) is 10.5. The summed E-state index contributed by atoms with van der Waals surface area (Å²) in [5.41, 5.74) is 2.01. The Hall–Kier alpha value is -2.96. The predicted octanol–water partition coefficient (Wildman–Crippen LogP) is 2.99. The van der Waals surface area contributed by atoms with Crippen molar-refractivity contribution in [2.45, 2.75) is 33.1 Å². The zero-order valence-corrected chi connectivity index (χ0v) is 15.8. The van der Waals surface area contributed by atoms with Crippen LogP contribution in [0.3, 0.4) is 0 Å². The van der Waals surface area contributed by atoms with E-state index in [9.17, 15) is 9.59 Å². The molecule has 1 aromatic heterocycles. The van der Waals surface area contributed by atoms with E-state index in [2.05, 4.69) is 5.32 Å². The van der Waals surface area contributed by atoms with Gasteiger partial charge in [-0.2, -0.15) is 0 Å². The maximum absolute atomic E-state index is 12.4. The molecule has 7 heteroatoms. The average molecular weight is 375 g/mol. The highest BCUT2D eigenvalue weighted by Gasteiger charge is 2.20. The highest BCUT2D eigenvalue weighted by atomic mass is 16.5. The van der Waals surface area contributed by atoms with Crippen LogP contribution < -0.4 is 14.8 Å². The number of methoxy groups -OCH3 is 1. The Balaban J connectivity index is 1.90. The van der Waals surface area contributed by atoms with Gasteiger partial charge in [0.25, 0.3) is 5.91 Å². The van der Waals surface area contributed by atoms with E-state index in [1.165, 1.54) is 6.26 Å². The van der Waals surface area contributed by atoms with Gasteiger partial charge >= 0.3 is 5.97 Å². The minimum absolute atomic E-state index is 0.175. The first-order valence-corrected chi connectivity index (χ1v) is 8.82. The third-order valence-electron chi connectivity index (χ3n) is 4.05. The van der Waals surface area contributed by atoms with Crippen LogP contribution in [0.25, 0.3) is 0 Å². The van der Waals surface area contributed by atoms with E-state index in [1.807, 2.05) is 25.1 Å². The second kappa shape index (κ2) is 9.66. The first-order chi connectivity index (χ1) is 13.0. The molecule has 0 fully saturated rings. The Kier molecular flexibility index (Phi) is 7.28. The van der Waals surface area contributed by atoms with Crippen LogP contribution in [0.1, 0.15) is 40.6 Å². The van der Waals surface area contributed by atoms with Gasteiger partial charge in [-0.3, -0.25) is 9.59 Å². The maximum Gasteiger partial charge on any atom is 0.311 e. The van der Waals surface area contributed by atoms with Crippen LogP contribution >= 0.6 is 0 Å². The molecule has 27 heavy (non-hydrogen) atoms. The number of aliphatic carboxylic acids is 1. The number of nitrogens with one attached hydrogen (secondary N) is 1. The standard InChI is InChI=1S/C20H25NO6/c1-4-26-16-10-14(7-8-15(16)25-3)6-5-9-21-20(24)19-13(2)12-27-17(19)11-18(22)23/h7-8,10,12H,4-6,9,11H2,1-3H3,(H,21,24)(H,22,23). The van der Waals surface area contributed by atoms with Gasteiger partial charge < -0.3 is 24.3 Å². The van der Waals surface area contributed by atoms with Crippen molar-refractivity contribution in [3.63, 3.8) is 0 Å². The van der Waals surface area contributed by atoms with Gasteiger partial charge in [0, 0.05) is 12.1 Å². The SMILES string of the molecule is CCOc1cc(CCCNC(=O)c2c(C)coc2CC(=O)O)ccc1OC. The fraction of sp³-hybridized carbons (Fsp3) is 0.400. The van der Waals surface area contributed by atoms with Gasteiger partial charge in [0.05, 0.1) is 25.5 Å². The quantitative estimate of drug-likeness (QED) is 0.620. The van der Waals surface area contributed by atoms with Crippen molar-refractivity contribution in [3.8, 4) is 11.5 Å². The minimum atomic E-state index is -1.04. The number of aryl methyl sites for hydroxylation is 2. The molecule has 0 radical (unpaired) electrons. The van der Waals surface area contributed by atoms with Crippen molar-refractivity contribution in [1.82, 2.24) is 5.32 Å². The second-order valence-electron chi connectivity index (χ2n) is 6.07. The molecule has 2 rings (SSSR count). The van der Waals surface area contributed by atoms with Crippen molar-refractivity contribution in [3.05, 3.63) is 46.9 Å². The summed E-state index contributed by atoms with van der Waals surface area (Å²) >= 11 is 0. The van der Waals surface area contributed by atoms with Gasteiger partial charge in [0.2, 0.25) is 0 Å². The molecule has 0 saturated heterocycles. The molecule has 1 aromatic carbocycles. The van der Waals surface area contributed by atoms with Gasteiger partial charge in [-0.25, -0.2) is 0 Å². The molecule has 0 atom stereocenters. The molecule has 0 aliphatic carbocycles. The Morgan fingerprint density at radius 3 is 2.70 bits per heavy atom. The van der Waals surface area contributed by atoms with E-state index in [4.69, 9.17) is 19.0 Å². The number of amides is 1. The zero-order valence-electron chi connectivity index (χ0n) is 15.8. The summed E-state index contributed by atoms with van der Waals surface area (Å²) in [7, 11) is 1.60. The lowest BCUT2D eigenvalue weighted by molar-refractivity contribution is -0.136. The molecule has 0 unspecified atom stereocenters. The Bertz CT molecular complexity index is 796. The van der Waals surface area contributed by atoms with Crippen LogP contribution in [0, 0.1) is 6.92 Å². The molecule has 0 spiro atoms. The second-order valence-corrected chi connectivity index (χ2v) is 6.07. The number of carboxylic acids is 1. The van der Waals surface area contributed by atoms with Crippen LogP contribution in [-0.2, 0) is 17.6 Å². The molecule has 0 saturated carbocycles. The van der Waals surface area contributed by atoms with E-state index < -0.39 is 5.97 Å². The summed E-state index contributed by atoms with van der Waals surface area (Å²) in [6.07, 6.45) is 2.58. The maximum atomic E-state index is 12.4. The van der Waals surface area contributed by atoms with Crippen LogP contribution in [0.2, 0.25) is 0 Å². The third kappa shape index (κ3) is 5.51. The van der Waals surface area contributed by atoms with Crippen LogP contribution in [-0.4, -0.2) is 37.2 Å². The van der Waals surface area contributed by atoms with E-state index in [0.29, 0.717) is 35.8 Å². The fourth-order valence-corrected chi connectivity index (χ4v) is 2.80. The summed E-state index contributed by atoms with van der Waals surface area (Å²) in [5, 5.41) is 11.7. The molecule has 2 N–H and O–H groups in total. The number of hydrogen-bond donors (Lipinski definition) is 2. The van der Waals surface area contributed by atoms with Gasteiger partial charge in [0.15, 0.2) is 11.5 Å².